The van der Waals surface area contributed by atoms with Gasteiger partial charge >= 0.3 is 0 Å². The van der Waals surface area contributed by atoms with Crippen LogP contribution in [0.25, 0.3) is 0 Å². The first kappa shape index (κ1) is 18.9. The van der Waals surface area contributed by atoms with Gasteiger partial charge in [-0.2, -0.15) is 0 Å². The van der Waals surface area contributed by atoms with Crippen LogP contribution in [0.5, 0.6) is 0 Å². The zero-order chi connectivity index (χ0) is 18.4. The number of hydrogen-bond donors (Lipinski definition) is 2. The maximum Gasteiger partial charge on any atom is 0.270 e. The van der Waals surface area contributed by atoms with Gasteiger partial charge in [-0.25, -0.2) is 13.1 Å². The Kier molecular flexibility index (Phi) is 6.33. The molecule has 1 saturated carbocycles. The highest BCUT2D eigenvalue weighted by molar-refractivity contribution is 7.91. The molecule has 0 aliphatic heterocycles. The third kappa shape index (κ3) is 5.09. The minimum Gasteiger partial charge on any atom is -0.296 e. The second-order valence-corrected chi connectivity index (χ2v) is 9.22. The monoisotopic (exact) mass is 394 g/mol. The third-order valence-electron chi connectivity index (χ3n) is 4.32. The molecule has 1 fully saturated rings. The fraction of sp³-hybridized carbons (Fsp3) is 0.471. The van der Waals surface area contributed by atoms with Crippen LogP contribution in [0.1, 0.15) is 55.3 Å². The molecule has 2 N–H and O–H groups in total. The summed E-state index contributed by atoms with van der Waals surface area (Å²) in [6.45, 7) is 0. The fourth-order valence-electron chi connectivity index (χ4n) is 2.97. The Morgan fingerprint density at radius 3 is 2.35 bits per heavy atom. The lowest BCUT2D eigenvalue weighted by Gasteiger charge is -2.19. The summed E-state index contributed by atoms with van der Waals surface area (Å²) in [4.78, 5) is 12.1. The van der Waals surface area contributed by atoms with E-state index in [2.05, 4.69) is 20.2 Å². The second-order valence-electron chi connectivity index (χ2n) is 6.36. The number of carbonyl (C=O) groups excluding carboxylic acids is 1. The van der Waals surface area contributed by atoms with Gasteiger partial charge in [0.1, 0.15) is 0 Å². The van der Waals surface area contributed by atoms with Gasteiger partial charge in [0.2, 0.25) is 9.47 Å². The van der Waals surface area contributed by atoms with Crippen molar-refractivity contribution in [2.45, 2.75) is 55.3 Å². The summed E-state index contributed by atoms with van der Waals surface area (Å²) in [6, 6.07) is 8.60. The Hall–Kier alpha value is -1.84. The first-order chi connectivity index (χ1) is 12.5. The van der Waals surface area contributed by atoms with Gasteiger partial charge < -0.3 is 0 Å². The molecule has 7 nitrogen and oxygen atoms in total. The lowest BCUT2D eigenvalue weighted by atomic mass is 9.97. The molecule has 26 heavy (non-hydrogen) atoms. The van der Waals surface area contributed by atoms with Gasteiger partial charge in [-0.05, 0) is 25.0 Å². The summed E-state index contributed by atoms with van der Waals surface area (Å²) in [5.74, 6) is -0.348. The highest BCUT2D eigenvalue weighted by atomic mass is 32.2. The average Bonchev–Trinajstić information content (AvgIpc) is 3.07. The van der Waals surface area contributed by atoms with E-state index in [-0.39, 0.29) is 21.4 Å². The van der Waals surface area contributed by atoms with Crippen molar-refractivity contribution in [3.8, 4) is 0 Å². The van der Waals surface area contributed by atoms with E-state index in [1.807, 2.05) is 6.07 Å². The topological polar surface area (TPSA) is 101 Å². The molecule has 0 atom stereocenters. The van der Waals surface area contributed by atoms with Crippen molar-refractivity contribution in [3.05, 3.63) is 35.9 Å². The first-order valence-electron chi connectivity index (χ1n) is 8.77. The van der Waals surface area contributed by atoms with Crippen molar-refractivity contribution in [1.29, 1.82) is 0 Å². The number of nitrogens with one attached hydrogen (secondary N) is 2. The van der Waals surface area contributed by atoms with Crippen LogP contribution in [0.3, 0.4) is 0 Å². The SMILES string of the molecule is O=C(Nc1nnc(S(=O)(=O)NC2CCCCCCC2)s1)c1ccccc1. The zero-order valence-electron chi connectivity index (χ0n) is 14.3. The van der Waals surface area contributed by atoms with Crippen molar-refractivity contribution < 1.29 is 13.2 Å². The van der Waals surface area contributed by atoms with Crippen LogP contribution in [0.2, 0.25) is 0 Å². The number of amides is 1. The maximum absolute atomic E-state index is 12.6. The van der Waals surface area contributed by atoms with Crippen LogP contribution in [0.15, 0.2) is 34.7 Å². The molecule has 1 aliphatic rings. The molecular formula is C17H22N4O3S2. The van der Waals surface area contributed by atoms with Gasteiger partial charge in [0.15, 0.2) is 0 Å². The third-order valence-corrected chi connectivity index (χ3v) is 7.05. The van der Waals surface area contributed by atoms with E-state index in [9.17, 15) is 13.2 Å². The van der Waals surface area contributed by atoms with E-state index in [4.69, 9.17) is 0 Å². The molecule has 0 radical (unpaired) electrons. The Bertz CT molecular complexity index is 829. The van der Waals surface area contributed by atoms with Crippen molar-refractivity contribution in [2.24, 2.45) is 0 Å². The molecule has 1 heterocycles. The Morgan fingerprint density at radius 2 is 1.65 bits per heavy atom. The molecule has 3 rings (SSSR count). The van der Waals surface area contributed by atoms with Crippen molar-refractivity contribution in [3.63, 3.8) is 0 Å². The molecule has 1 amide bonds. The van der Waals surface area contributed by atoms with Crippen LogP contribution in [0.4, 0.5) is 5.13 Å². The van der Waals surface area contributed by atoms with Crippen LogP contribution >= 0.6 is 11.3 Å². The van der Waals surface area contributed by atoms with Gasteiger partial charge in [0.05, 0.1) is 0 Å². The van der Waals surface area contributed by atoms with E-state index in [1.54, 1.807) is 24.3 Å². The van der Waals surface area contributed by atoms with Crippen molar-refractivity contribution >= 4 is 32.4 Å². The smallest absolute Gasteiger partial charge is 0.270 e. The largest absolute Gasteiger partial charge is 0.296 e. The summed E-state index contributed by atoms with van der Waals surface area (Å²) in [5, 5.41) is 10.3. The second kappa shape index (κ2) is 8.70. The number of nitrogens with zero attached hydrogens (tertiary/aromatic N) is 2. The van der Waals surface area contributed by atoms with E-state index >= 15 is 0 Å². The first-order valence-corrected chi connectivity index (χ1v) is 11.1. The normalized spacial score (nSPS) is 16.6. The van der Waals surface area contributed by atoms with Crippen LogP contribution in [-0.2, 0) is 10.0 Å². The molecule has 1 aromatic heterocycles. The minimum atomic E-state index is -3.72. The number of sulfonamides is 1. The number of rotatable bonds is 5. The predicted octanol–water partition coefficient (Wildman–Crippen LogP) is 3.18. The quantitative estimate of drug-likeness (QED) is 0.759. The van der Waals surface area contributed by atoms with Gasteiger partial charge in [-0.1, -0.05) is 61.6 Å². The highest BCUT2D eigenvalue weighted by Gasteiger charge is 2.25. The number of hydrogen-bond acceptors (Lipinski definition) is 6. The highest BCUT2D eigenvalue weighted by Crippen LogP contribution is 2.23. The average molecular weight is 395 g/mol. The number of aromatic nitrogens is 2. The summed E-state index contributed by atoms with van der Waals surface area (Å²) >= 11 is 0.856. The van der Waals surface area contributed by atoms with Gasteiger partial charge in [0.25, 0.3) is 15.9 Å². The van der Waals surface area contributed by atoms with E-state index in [1.165, 1.54) is 6.42 Å². The molecular weight excluding hydrogens is 372 g/mol. The molecule has 140 valence electrons. The summed E-state index contributed by atoms with van der Waals surface area (Å²) in [6.07, 6.45) is 7.26. The molecule has 0 saturated heterocycles. The molecule has 0 bridgehead atoms. The molecule has 9 heteroatoms. The van der Waals surface area contributed by atoms with Crippen LogP contribution < -0.4 is 10.0 Å². The van der Waals surface area contributed by atoms with E-state index < -0.39 is 10.0 Å². The Balaban J connectivity index is 1.64. The molecule has 2 aromatic rings. The summed E-state index contributed by atoms with van der Waals surface area (Å²) in [7, 11) is -3.72. The van der Waals surface area contributed by atoms with Crippen LogP contribution in [0, 0.1) is 0 Å². The molecule has 1 aromatic carbocycles. The number of anilines is 1. The van der Waals surface area contributed by atoms with E-state index in [0.717, 1.165) is 49.9 Å². The van der Waals surface area contributed by atoms with Gasteiger partial charge in [-0.3, -0.25) is 10.1 Å². The van der Waals surface area contributed by atoms with Crippen molar-refractivity contribution in [1.82, 2.24) is 14.9 Å². The minimum absolute atomic E-state index is 0.0634. The number of carbonyl (C=O) groups is 1. The Morgan fingerprint density at radius 1 is 1.00 bits per heavy atom. The molecule has 0 unspecified atom stereocenters. The standard InChI is InChI=1S/C17H22N4O3S2/c22-15(13-9-5-4-6-10-13)18-16-19-20-17(25-16)26(23,24)21-14-11-7-2-1-3-8-12-14/h4-6,9-10,14,21H,1-3,7-8,11-12H2,(H,18,19,22). The van der Waals surface area contributed by atoms with Gasteiger partial charge in [0, 0.05) is 11.6 Å². The van der Waals surface area contributed by atoms with E-state index in [0.29, 0.717) is 5.56 Å². The molecule has 1 aliphatic carbocycles. The Labute approximate surface area is 157 Å². The fourth-order valence-corrected chi connectivity index (χ4v) is 5.19. The lowest BCUT2D eigenvalue weighted by molar-refractivity contribution is 0.102. The zero-order valence-corrected chi connectivity index (χ0v) is 16.0. The van der Waals surface area contributed by atoms with Crippen molar-refractivity contribution in [2.75, 3.05) is 5.32 Å². The maximum atomic E-state index is 12.6. The van der Waals surface area contributed by atoms with Crippen LogP contribution in [-0.4, -0.2) is 30.6 Å². The predicted molar refractivity (Wildman–Crippen MR) is 101 cm³/mol. The summed E-state index contributed by atoms with van der Waals surface area (Å²) < 4.78 is 27.7. The molecule has 0 spiro atoms. The summed E-state index contributed by atoms with van der Waals surface area (Å²) in [5.41, 5.74) is 0.472. The van der Waals surface area contributed by atoms with Gasteiger partial charge in [-0.15, -0.1) is 10.2 Å². The lowest BCUT2D eigenvalue weighted by Crippen LogP contribution is -2.35. The number of benzene rings is 1.